The molecule has 28 heavy (non-hydrogen) atoms. The third kappa shape index (κ3) is 2.68. The second-order valence-electron chi connectivity index (χ2n) is 6.89. The molecule has 3 aromatic carbocycles. The summed E-state index contributed by atoms with van der Waals surface area (Å²) in [5, 5.41) is 3.48. The summed E-state index contributed by atoms with van der Waals surface area (Å²) in [6, 6.07) is 23.2. The molecule has 2 heterocycles. The first-order valence-electron chi connectivity index (χ1n) is 9.18. The molecule has 1 aliphatic rings. The summed E-state index contributed by atoms with van der Waals surface area (Å²) in [4.78, 5) is 24.5. The Bertz CT molecular complexity index is 1200. The predicted molar refractivity (Wildman–Crippen MR) is 110 cm³/mol. The third-order valence-corrected chi connectivity index (χ3v) is 4.95. The van der Waals surface area contributed by atoms with Gasteiger partial charge >= 0.3 is 0 Å². The zero-order valence-corrected chi connectivity index (χ0v) is 15.3. The fourth-order valence-corrected chi connectivity index (χ4v) is 3.61. The van der Waals surface area contributed by atoms with E-state index < -0.39 is 6.17 Å². The van der Waals surface area contributed by atoms with Gasteiger partial charge in [-0.2, -0.15) is 0 Å². The molecular weight excluding hydrogens is 348 g/mol. The molecule has 5 heteroatoms. The summed E-state index contributed by atoms with van der Waals surface area (Å²) in [5.41, 5.74) is 5.70. The highest BCUT2D eigenvalue weighted by Gasteiger charge is 2.35. The van der Waals surface area contributed by atoms with Crippen molar-refractivity contribution in [3.63, 3.8) is 0 Å². The van der Waals surface area contributed by atoms with Gasteiger partial charge in [-0.3, -0.25) is 14.7 Å². The van der Waals surface area contributed by atoms with Gasteiger partial charge in [-0.05, 0) is 48.9 Å². The van der Waals surface area contributed by atoms with Crippen LogP contribution >= 0.6 is 0 Å². The van der Waals surface area contributed by atoms with Gasteiger partial charge in [0.05, 0.1) is 22.8 Å². The quantitative estimate of drug-likeness (QED) is 0.558. The number of nitrogens with one attached hydrogen (secondary N) is 1. The van der Waals surface area contributed by atoms with E-state index in [0.717, 1.165) is 28.0 Å². The molecule has 1 unspecified atom stereocenters. The van der Waals surface area contributed by atoms with Crippen molar-refractivity contribution in [3.05, 3.63) is 95.8 Å². The van der Waals surface area contributed by atoms with Crippen molar-refractivity contribution >= 4 is 28.3 Å². The van der Waals surface area contributed by atoms with Gasteiger partial charge in [-0.1, -0.05) is 36.4 Å². The van der Waals surface area contributed by atoms with Crippen LogP contribution in [0.3, 0.4) is 0 Å². The van der Waals surface area contributed by atoms with Crippen molar-refractivity contribution in [1.82, 2.24) is 9.97 Å². The number of nitrogens with zero attached hydrogens (tertiary/aromatic N) is 3. The number of fused-ring (bicyclic) bond motifs is 2. The Balaban J connectivity index is 1.69. The molecule has 0 radical (unpaired) electrons. The highest BCUT2D eigenvalue weighted by molar-refractivity contribution is 6.12. The Hall–Kier alpha value is -3.73. The van der Waals surface area contributed by atoms with Crippen molar-refractivity contribution in [2.24, 2.45) is 0 Å². The average molecular weight is 366 g/mol. The Kier molecular flexibility index (Phi) is 3.79. The molecule has 4 aromatic rings. The summed E-state index contributed by atoms with van der Waals surface area (Å²) in [5.74, 6) is -0.0556. The van der Waals surface area contributed by atoms with Gasteiger partial charge in [0.15, 0.2) is 6.17 Å². The molecule has 0 saturated carbocycles. The van der Waals surface area contributed by atoms with Crippen LogP contribution in [-0.4, -0.2) is 15.9 Å². The van der Waals surface area contributed by atoms with Gasteiger partial charge in [-0.25, -0.2) is 4.98 Å². The molecule has 0 fully saturated rings. The Morgan fingerprint density at radius 3 is 2.57 bits per heavy atom. The minimum Gasteiger partial charge on any atom is -0.359 e. The van der Waals surface area contributed by atoms with Crippen molar-refractivity contribution in [2.75, 3.05) is 10.2 Å². The Labute approximate surface area is 162 Å². The van der Waals surface area contributed by atoms with Crippen LogP contribution in [0.25, 0.3) is 11.0 Å². The molecule has 0 saturated heterocycles. The molecule has 5 rings (SSSR count). The number of aromatic nitrogens is 2. The van der Waals surface area contributed by atoms with Crippen LogP contribution in [0, 0.1) is 6.92 Å². The van der Waals surface area contributed by atoms with Crippen molar-refractivity contribution in [2.45, 2.75) is 13.1 Å². The molecule has 1 N–H and O–H groups in total. The molecule has 0 aliphatic carbocycles. The largest absolute Gasteiger partial charge is 0.359 e. The smallest absolute Gasteiger partial charge is 0.262 e. The summed E-state index contributed by atoms with van der Waals surface area (Å²) in [6.07, 6.45) is 1.30. The summed E-state index contributed by atoms with van der Waals surface area (Å²) >= 11 is 0. The summed E-state index contributed by atoms with van der Waals surface area (Å²) < 4.78 is 0. The van der Waals surface area contributed by atoms with Crippen molar-refractivity contribution in [1.29, 1.82) is 0 Å². The zero-order valence-electron chi connectivity index (χ0n) is 15.3. The second-order valence-corrected chi connectivity index (χ2v) is 6.89. The number of para-hydroxylation sites is 3. The number of rotatable bonds is 2. The first kappa shape index (κ1) is 16.4. The first-order valence-corrected chi connectivity index (χ1v) is 9.18. The van der Waals surface area contributed by atoms with Crippen LogP contribution in [0.2, 0.25) is 0 Å². The predicted octanol–water partition coefficient (Wildman–Crippen LogP) is 4.71. The van der Waals surface area contributed by atoms with Crippen LogP contribution < -0.4 is 10.2 Å². The number of carbonyl (C=O) groups excluding carboxylic acids is 1. The molecule has 1 aliphatic heterocycles. The van der Waals surface area contributed by atoms with E-state index in [0.29, 0.717) is 11.3 Å². The molecule has 1 amide bonds. The van der Waals surface area contributed by atoms with Crippen LogP contribution in [0.5, 0.6) is 0 Å². The second kappa shape index (κ2) is 6.46. The van der Waals surface area contributed by atoms with E-state index >= 15 is 0 Å². The van der Waals surface area contributed by atoms with E-state index in [9.17, 15) is 4.79 Å². The number of carbonyl (C=O) groups is 1. The van der Waals surface area contributed by atoms with E-state index in [4.69, 9.17) is 4.98 Å². The SMILES string of the molecule is Cc1cccc(N2C(=O)c3ccccc3NC2c2cnc3ccccc3n2)c1. The third-order valence-electron chi connectivity index (χ3n) is 4.95. The topological polar surface area (TPSA) is 58.1 Å². The zero-order chi connectivity index (χ0) is 19.1. The maximum Gasteiger partial charge on any atom is 0.262 e. The molecule has 0 spiro atoms. The lowest BCUT2D eigenvalue weighted by atomic mass is 10.0. The highest BCUT2D eigenvalue weighted by Crippen LogP contribution is 2.36. The lowest BCUT2D eigenvalue weighted by molar-refractivity contribution is 0.0974. The van der Waals surface area contributed by atoms with Crippen molar-refractivity contribution in [3.8, 4) is 0 Å². The molecule has 1 atom stereocenters. The minimum absolute atomic E-state index is 0.0556. The van der Waals surface area contributed by atoms with Crippen LogP contribution in [-0.2, 0) is 0 Å². The fraction of sp³-hybridized carbons (Fsp3) is 0.0870. The van der Waals surface area contributed by atoms with Gasteiger partial charge < -0.3 is 5.32 Å². The summed E-state index contributed by atoms with van der Waals surface area (Å²) in [6.45, 7) is 2.02. The minimum atomic E-state index is -0.443. The number of amides is 1. The number of hydrogen-bond donors (Lipinski definition) is 1. The van der Waals surface area contributed by atoms with Gasteiger partial charge in [0.25, 0.3) is 5.91 Å². The van der Waals surface area contributed by atoms with Gasteiger partial charge in [0.1, 0.15) is 5.69 Å². The van der Waals surface area contributed by atoms with Crippen LogP contribution in [0.1, 0.15) is 27.8 Å². The van der Waals surface area contributed by atoms with E-state index in [1.54, 1.807) is 11.1 Å². The molecule has 1 aromatic heterocycles. The number of aryl methyl sites for hydroxylation is 1. The maximum absolute atomic E-state index is 13.4. The molecule has 136 valence electrons. The normalized spacial score (nSPS) is 16.0. The van der Waals surface area contributed by atoms with E-state index in [1.807, 2.05) is 79.7 Å². The fourth-order valence-electron chi connectivity index (χ4n) is 3.61. The van der Waals surface area contributed by atoms with Crippen LogP contribution in [0.4, 0.5) is 11.4 Å². The maximum atomic E-state index is 13.4. The van der Waals surface area contributed by atoms with Gasteiger partial charge in [-0.15, -0.1) is 0 Å². The van der Waals surface area contributed by atoms with Crippen molar-refractivity contribution < 1.29 is 4.79 Å². The van der Waals surface area contributed by atoms with E-state index in [1.165, 1.54) is 0 Å². The summed E-state index contributed by atoms with van der Waals surface area (Å²) in [7, 11) is 0. The monoisotopic (exact) mass is 366 g/mol. The number of hydrogen-bond acceptors (Lipinski definition) is 4. The Morgan fingerprint density at radius 1 is 0.929 bits per heavy atom. The molecular formula is C23H18N4O. The first-order chi connectivity index (χ1) is 13.7. The van der Waals surface area contributed by atoms with E-state index in [2.05, 4.69) is 10.3 Å². The number of benzene rings is 3. The number of anilines is 2. The van der Waals surface area contributed by atoms with Gasteiger partial charge in [0.2, 0.25) is 0 Å². The average Bonchev–Trinajstić information content (AvgIpc) is 2.73. The standard InChI is InChI=1S/C23H18N4O/c1-15-7-6-8-16(13-15)27-22(26-18-10-3-2-9-17(18)23(27)28)21-14-24-19-11-4-5-12-20(19)25-21/h2-14,22,26H,1H3. The van der Waals surface area contributed by atoms with Crippen LogP contribution in [0.15, 0.2) is 79.0 Å². The van der Waals surface area contributed by atoms with E-state index in [-0.39, 0.29) is 5.91 Å². The molecule has 0 bridgehead atoms. The Morgan fingerprint density at radius 2 is 1.71 bits per heavy atom. The molecule has 5 nitrogen and oxygen atoms in total. The lowest BCUT2D eigenvalue weighted by Gasteiger charge is -2.37. The lowest BCUT2D eigenvalue weighted by Crippen LogP contribution is -2.43. The highest BCUT2D eigenvalue weighted by atomic mass is 16.2. The van der Waals surface area contributed by atoms with Gasteiger partial charge in [0, 0.05) is 11.4 Å².